The molecule has 1 aromatic heterocycles. The fraction of sp³-hybridized carbons (Fsp3) is 0.476. The van der Waals surface area contributed by atoms with Crippen LogP contribution in [0.5, 0.6) is 5.75 Å². The number of rotatable bonds is 10. The zero-order valence-corrected chi connectivity index (χ0v) is 16.7. The second kappa shape index (κ2) is 9.90. The molecule has 146 valence electrons. The molecule has 27 heavy (non-hydrogen) atoms. The number of hydrogen-bond donors (Lipinski definition) is 1. The van der Waals surface area contributed by atoms with E-state index in [1.165, 1.54) is 0 Å². The van der Waals surface area contributed by atoms with Crippen LogP contribution in [0.4, 0.5) is 5.82 Å². The molecule has 6 heteroatoms. The SMILES string of the molecule is CCCCCOc1ccc(C(=O)CCC(=O)Nc2c(C)c(C)nn2C)cc1. The van der Waals surface area contributed by atoms with Gasteiger partial charge in [0.15, 0.2) is 5.78 Å². The van der Waals surface area contributed by atoms with E-state index in [2.05, 4.69) is 17.3 Å². The van der Waals surface area contributed by atoms with Gasteiger partial charge in [-0.05, 0) is 44.5 Å². The molecule has 0 fully saturated rings. The summed E-state index contributed by atoms with van der Waals surface area (Å²) >= 11 is 0. The summed E-state index contributed by atoms with van der Waals surface area (Å²) in [5.74, 6) is 1.20. The monoisotopic (exact) mass is 371 g/mol. The molecule has 0 unspecified atom stereocenters. The molecule has 1 aromatic carbocycles. The Balaban J connectivity index is 1.81. The lowest BCUT2D eigenvalue weighted by atomic mass is 10.1. The zero-order valence-electron chi connectivity index (χ0n) is 16.7. The second-order valence-corrected chi connectivity index (χ2v) is 6.73. The molecule has 2 rings (SSSR count). The van der Waals surface area contributed by atoms with Crippen molar-refractivity contribution >= 4 is 17.5 Å². The first-order valence-corrected chi connectivity index (χ1v) is 9.48. The van der Waals surface area contributed by atoms with E-state index in [0.717, 1.165) is 36.3 Å². The molecule has 0 aliphatic carbocycles. The van der Waals surface area contributed by atoms with Crippen molar-refractivity contribution in [2.24, 2.45) is 7.05 Å². The van der Waals surface area contributed by atoms with Gasteiger partial charge in [0.05, 0.1) is 12.3 Å². The summed E-state index contributed by atoms with van der Waals surface area (Å²) in [6.45, 7) is 6.65. The summed E-state index contributed by atoms with van der Waals surface area (Å²) < 4.78 is 7.29. The second-order valence-electron chi connectivity index (χ2n) is 6.73. The van der Waals surface area contributed by atoms with Gasteiger partial charge in [0.1, 0.15) is 11.6 Å². The predicted octanol–water partition coefficient (Wildman–Crippen LogP) is 4.21. The molecule has 2 aromatic rings. The maximum absolute atomic E-state index is 12.3. The van der Waals surface area contributed by atoms with Gasteiger partial charge in [-0.25, -0.2) is 0 Å². The van der Waals surface area contributed by atoms with Gasteiger partial charge < -0.3 is 10.1 Å². The number of nitrogens with zero attached hydrogens (tertiary/aromatic N) is 2. The fourth-order valence-corrected chi connectivity index (χ4v) is 2.78. The summed E-state index contributed by atoms with van der Waals surface area (Å²) in [6, 6.07) is 7.12. The summed E-state index contributed by atoms with van der Waals surface area (Å²) in [6.07, 6.45) is 3.64. The fourth-order valence-electron chi connectivity index (χ4n) is 2.78. The van der Waals surface area contributed by atoms with E-state index in [1.54, 1.807) is 36.0 Å². The Morgan fingerprint density at radius 2 is 1.81 bits per heavy atom. The summed E-state index contributed by atoms with van der Waals surface area (Å²) in [4.78, 5) is 24.5. The van der Waals surface area contributed by atoms with E-state index >= 15 is 0 Å². The lowest BCUT2D eigenvalue weighted by molar-refractivity contribution is -0.116. The number of carbonyl (C=O) groups is 2. The third-order valence-corrected chi connectivity index (χ3v) is 4.55. The van der Waals surface area contributed by atoms with Crippen molar-refractivity contribution in [2.75, 3.05) is 11.9 Å². The van der Waals surface area contributed by atoms with E-state index < -0.39 is 0 Å². The molecule has 0 saturated carbocycles. The number of hydrogen-bond acceptors (Lipinski definition) is 4. The molecule has 1 amide bonds. The van der Waals surface area contributed by atoms with Crippen LogP contribution in [-0.2, 0) is 11.8 Å². The maximum atomic E-state index is 12.3. The number of ether oxygens (including phenoxy) is 1. The van der Waals surface area contributed by atoms with Crippen LogP contribution in [0.25, 0.3) is 0 Å². The third kappa shape index (κ3) is 5.94. The van der Waals surface area contributed by atoms with Crippen molar-refractivity contribution in [3.05, 3.63) is 41.1 Å². The van der Waals surface area contributed by atoms with Crippen molar-refractivity contribution in [3.63, 3.8) is 0 Å². The highest BCUT2D eigenvalue weighted by Crippen LogP contribution is 2.18. The Labute approximate surface area is 160 Å². The van der Waals surface area contributed by atoms with Crippen molar-refractivity contribution in [3.8, 4) is 5.75 Å². The molecule has 0 bridgehead atoms. The van der Waals surface area contributed by atoms with Crippen LogP contribution in [-0.4, -0.2) is 28.1 Å². The summed E-state index contributed by atoms with van der Waals surface area (Å²) in [5.41, 5.74) is 2.41. The van der Waals surface area contributed by atoms with Gasteiger partial charge in [-0.1, -0.05) is 19.8 Å². The number of Topliss-reactive ketones (excluding diaryl/α,β-unsaturated/α-hetero) is 1. The number of benzene rings is 1. The molecule has 0 radical (unpaired) electrons. The van der Waals surface area contributed by atoms with Crippen molar-refractivity contribution in [2.45, 2.75) is 52.9 Å². The molecular weight excluding hydrogens is 342 g/mol. The normalized spacial score (nSPS) is 10.7. The van der Waals surface area contributed by atoms with Gasteiger partial charge in [0.25, 0.3) is 0 Å². The third-order valence-electron chi connectivity index (χ3n) is 4.55. The number of nitrogens with one attached hydrogen (secondary N) is 1. The number of aromatic nitrogens is 2. The standard InChI is InChI=1S/C21H29N3O3/c1-5-6-7-14-27-18-10-8-17(9-11-18)19(25)12-13-20(26)22-21-15(2)16(3)23-24(21)4/h8-11H,5-7,12-14H2,1-4H3,(H,22,26). The van der Waals surface area contributed by atoms with E-state index in [4.69, 9.17) is 4.74 Å². The highest BCUT2D eigenvalue weighted by Gasteiger charge is 2.14. The maximum Gasteiger partial charge on any atom is 0.225 e. The predicted molar refractivity (Wildman–Crippen MR) is 106 cm³/mol. The number of aryl methyl sites for hydroxylation is 2. The smallest absolute Gasteiger partial charge is 0.225 e. The van der Waals surface area contributed by atoms with Crippen LogP contribution in [0.15, 0.2) is 24.3 Å². The first kappa shape index (κ1) is 20.7. The van der Waals surface area contributed by atoms with Crippen molar-refractivity contribution in [1.82, 2.24) is 9.78 Å². The van der Waals surface area contributed by atoms with E-state index in [9.17, 15) is 9.59 Å². The minimum Gasteiger partial charge on any atom is -0.494 e. The number of ketones is 1. The zero-order chi connectivity index (χ0) is 19.8. The van der Waals surface area contributed by atoms with Gasteiger partial charge in [-0.3, -0.25) is 14.3 Å². The first-order chi connectivity index (χ1) is 12.9. The molecule has 0 atom stereocenters. The lowest BCUT2D eigenvalue weighted by Crippen LogP contribution is -2.16. The molecule has 0 aliphatic heterocycles. The highest BCUT2D eigenvalue weighted by atomic mass is 16.5. The van der Waals surface area contributed by atoms with Gasteiger partial charge in [0, 0.05) is 31.0 Å². The molecule has 0 spiro atoms. The summed E-state index contributed by atoms with van der Waals surface area (Å²) in [7, 11) is 1.78. The van der Waals surface area contributed by atoms with Gasteiger partial charge >= 0.3 is 0 Å². The quantitative estimate of drug-likeness (QED) is 0.502. The van der Waals surface area contributed by atoms with Gasteiger partial charge in [0.2, 0.25) is 5.91 Å². The van der Waals surface area contributed by atoms with E-state index in [1.807, 2.05) is 13.8 Å². The molecule has 1 N–H and O–H groups in total. The van der Waals surface area contributed by atoms with Gasteiger partial charge in [-0.2, -0.15) is 5.10 Å². The lowest BCUT2D eigenvalue weighted by Gasteiger charge is -2.08. The molecule has 1 heterocycles. The molecule has 6 nitrogen and oxygen atoms in total. The Hall–Kier alpha value is -2.63. The van der Waals surface area contributed by atoms with Crippen molar-refractivity contribution < 1.29 is 14.3 Å². The Bertz CT molecular complexity index is 779. The van der Waals surface area contributed by atoms with Crippen LogP contribution in [0.3, 0.4) is 0 Å². The Morgan fingerprint density at radius 3 is 2.41 bits per heavy atom. The molecule has 0 saturated heterocycles. The number of unbranched alkanes of at least 4 members (excludes halogenated alkanes) is 2. The molecular formula is C21H29N3O3. The number of anilines is 1. The topological polar surface area (TPSA) is 73.2 Å². The van der Waals surface area contributed by atoms with Crippen LogP contribution in [0.2, 0.25) is 0 Å². The van der Waals surface area contributed by atoms with Crippen molar-refractivity contribution in [1.29, 1.82) is 0 Å². The van der Waals surface area contributed by atoms with E-state index in [0.29, 0.717) is 18.0 Å². The van der Waals surface area contributed by atoms with Crippen LogP contribution < -0.4 is 10.1 Å². The molecule has 0 aliphatic rings. The van der Waals surface area contributed by atoms with Crippen LogP contribution in [0, 0.1) is 13.8 Å². The average molecular weight is 371 g/mol. The highest BCUT2D eigenvalue weighted by molar-refractivity contribution is 6.00. The first-order valence-electron chi connectivity index (χ1n) is 9.48. The van der Waals surface area contributed by atoms with Crippen LogP contribution >= 0.6 is 0 Å². The largest absolute Gasteiger partial charge is 0.494 e. The Morgan fingerprint density at radius 1 is 1.11 bits per heavy atom. The van der Waals surface area contributed by atoms with Crippen LogP contribution in [0.1, 0.15) is 60.6 Å². The number of carbonyl (C=O) groups excluding carboxylic acids is 2. The average Bonchev–Trinajstić information content (AvgIpc) is 2.90. The minimum absolute atomic E-state index is 0.0550. The summed E-state index contributed by atoms with van der Waals surface area (Å²) in [5, 5.41) is 7.11. The minimum atomic E-state index is -0.190. The van der Waals surface area contributed by atoms with E-state index in [-0.39, 0.29) is 24.5 Å². The number of amides is 1. The Kier molecular flexibility index (Phi) is 7.58. The van der Waals surface area contributed by atoms with Gasteiger partial charge in [-0.15, -0.1) is 0 Å².